The maximum absolute atomic E-state index is 11.0. The molecule has 0 atom stereocenters. The summed E-state index contributed by atoms with van der Waals surface area (Å²) < 4.78 is 1.34. The molecule has 2 fully saturated rings. The molecule has 92 valence electrons. The molecular weight excluding hydrogens is 432 g/mol. The monoisotopic (exact) mass is 449 g/mol. The molecule has 2 heterocycles. The van der Waals surface area contributed by atoms with E-state index in [4.69, 9.17) is 0 Å². The summed E-state index contributed by atoms with van der Waals surface area (Å²) in [5.41, 5.74) is 0. The first-order valence-electron chi connectivity index (χ1n) is 5.64. The zero-order chi connectivity index (χ0) is 11.5. The number of rotatable bonds is 3. The largest absolute Gasteiger partial charge is 0.333 e. The fourth-order valence-electron chi connectivity index (χ4n) is 2.29. The molecule has 0 bridgehead atoms. The van der Waals surface area contributed by atoms with Gasteiger partial charge in [0.2, 0.25) is 0 Å². The van der Waals surface area contributed by atoms with Crippen molar-refractivity contribution in [1.82, 2.24) is 14.7 Å². The molecule has 2 aliphatic heterocycles. The number of amides is 1. The summed E-state index contributed by atoms with van der Waals surface area (Å²) in [5.74, 6) is 0.713. The first-order chi connectivity index (χ1) is 7.69. The lowest BCUT2D eigenvalue weighted by Gasteiger charge is -2.42. The van der Waals surface area contributed by atoms with Crippen LogP contribution in [0.15, 0.2) is 0 Å². The van der Waals surface area contributed by atoms with Gasteiger partial charge >= 0.3 is 0 Å². The third kappa shape index (κ3) is 3.42. The number of hydrogen-bond acceptors (Lipinski definition) is 3. The Morgan fingerprint density at radius 2 is 1.69 bits per heavy atom. The number of carbonyl (C=O) groups is 1. The van der Waals surface area contributed by atoms with Crippen LogP contribution in [0.25, 0.3) is 0 Å². The quantitative estimate of drug-likeness (QED) is 0.283. The Labute approximate surface area is 124 Å². The van der Waals surface area contributed by atoms with Gasteiger partial charge in [0.05, 0.1) is 4.55 Å². The van der Waals surface area contributed by atoms with Gasteiger partial charge in [-0.2, -0.15) is 0 Å². The number of nitrogens with zero attached hydrogens (tertiary/aromatic N) is 3. The van der Waals surface area contributed by atoms with Crippen molar-refractivity contribution in [1.29, 1.82) is 0 Å². The molecule has 0 aromatic carbocycles. The Morgan fingerprint density at radius 3 is 2.19 bits per heavy atom. The normalized spacial score (nSPS) is 24.5. The van der Waals surface area contributed by atoms with Crippen LogP contribution in [-0.4, -0.2) is 69.0 Å². The lowest BCUT2D eigenvalue weighted by Crippen LogP contribution is -2.55. The minimum Gasteiger partial charge on any atom is -0.333 e. The standard InChI is InChI=1S/C10H17I2N3O/c11-8-14-3-1-13(2-4-14)5-9-6-15(7-9)10(12)16/h9H,1-8H2. The van der Waals surface area contributed by atoms with Gasteiger partial charge in [0, 0.05) is 74.3 Å². The first-order valence-corrected chi connectivity index (χ1v) is 8.24. The van der Waals surface area contributed by atoms with E-state index >= 15 is 0 Å². The summed E-state index contributed by atoms with van der Waals surface area (Å²) in [4.78, 5) is 18.0. The van der Waals surface area contributed by atoms with Gasteiger partial charge in [-0.05, 0) is 0 Å². The number of piperazine rings is 1. The van der Waals surface area contributed by atoms with Crippen molar-refractivity contribution in [3.63, 3.8) is 0 Å². The molecule has 0 aliphatic carbocycles. The Hall–Kier alpha value is 0.850. The molecular formula is C10H17I2N3O. The average molecular weight is 449 g/mol. The van der Waals surface area contributed by atoms with E-state index in [1.807, 2.05) is 27.5 Å². The summed E-state index contributed by atoms with van der Waals surface area (Å²) in [6, 6.07) is 0. The van der Waals surface area contributed by atoms with Crippen molar-refractivity contribution >= 4 is 49.1 Å². The lowest BCUT2D eigenvalue weighted by atomic mass is 10.0. The van der Waals surface area contributed by atoms with Crippen LogP contribution in [-0.2, 0) is 0 Å². The molecule has 0 radical (unpaired) electrons. The summed E-state index contributed by atoms with van der Waals surface area (Å²) in [7, 11) is 0. The number of hydrogen-bond donors (Lipinski definition) is 0. The molecule has 0 saturated carbocycles. The van der Waals surface area contributed by atoms with Crippen molar-refractivity contribution in [3.05, 3.63) is 0 Å². The van der Waals surface area contributed by atoms with Gasteiger partial charge in [-0.25, -0.2) is 0 Å². The van der Waals surface area contributed by atoms with Crippen LogP contribution in [0.4, 0.5) is 4.79 Å². The summed E-state index contributed by atoms with van der Waals surface area (Å²) in [6.45, 7) is 7.89. The molecule has 1 amide bonds. The highest BCUT2D eigenvalue weighted by Crippen LogP contribution is 2.20. The van der Waals surface area contributed by atoms with Crippen LogP contribution in [0.5, 0.6) is 0 Å². The van der Waals surface area contributed by atoms with Crippen molar-refractivity contribution in [3.8, 4) is 0 Å². The maximum Gasteiger partial charge on any atom is 0.283 e. The van der Waals surface area contributed by atoms with E-state index in [0.29, 0.717) is 5.92 Å². The SMILES string of the molecule is O=C(I)N1CC(CN2CCN(CI)CC2)C1. The second kappa shape index (κ2) is 6.14. The Bertz CT molecular complexity index is 250. The first kappa shape index (κ1) is 13.3. The van der Waals surface area contributed by atoms with E-state index in [1.54, 1.807) is 0 Å². The third-order valence-corrected chi connectivity index (χ3v) is 5.00. The highest BCUT2D eigenvalue weighted by molar-refractivity contribution is 14.1. The number of halogens is 2. The summed E-state index contributed by atoms with van der Waals surface area (Å²) >= 11 is 4.30. The van der Waals surface area contributed by atoms with E-state index in [1.165, 1.54) is 32.7 Å². The lowest BCUT2D eigenvalue weighted by molar-refractivity contribution is 0.0781. The molecule has 0 unspecified atom stereocenters. The second-order valence-electron chi connectivity index (χ2n) is 4.56. The highest BCUT2D eigenvalue weighted by Gasteiger charge is 2.31. The van der Waals surface area contributed by atoms with Crippen molar-refractivity contribution in [2.75, 3.05) is 50.4 Å². The number of carbonyl (C=O) groups excluding carboxylic acids is 1. The van der Waals surface area contributed by atoms with E-state index in [-0.39, 0.29) is 3.91 Å². The van der Waals surface area contributed by atoms with E-state index in [2.05, 4.69) is 32.4 Å². The number of alkyl halides is 1. The van der Waals surface area contributed by atoms with Crippen LogP contribution < -0.4 is 0 Å². The van der Waals surface area contributed by atoms with Gasteiger partial charge < -0.3 is 9.80 Å². The Kier molecular flexibility index (Phi) is 5.10. The van der Waals surface area contributed by atoms with Crippen LogP contribution >= 0.6 is 45.2 Å². The van der Waals surface area contributed by atoms with E-state index < -0.39 is 0 Å². The number of likely N-dealkylation sites (tertiary alicyclic amines) is 1. The minimum absolute atomic E-state index is 0.198. The molecule has 2 saturated heterocycles. The van der Waals surface area contributed by atoms with Gasteiger partial charge in [-0.1, -0.05) is 22.6 Å². The van der Waals surface area contributed by atoms with E-state index in [9.17, 15) is 4.79 Å². The summed E-state index contributed by atoms with van der Waals surface area (Å²) in [5, 5.41) is 0. The van der Waals surface area contributed by atoms with Gasteiger partial charge in [0.25, 0.3) is 3.91 Å². The molecule has 2 rings (SSSR count). The summed E-state index contributed by atoms with van der Waals surface area (Å²) in [6.07, 6.45) is 0. The van der Waals surface area contributed by atoms with Gasteiger partial charge in [0.15, 0.2) is 0 Å². The predicted molar refractivity (Wildman–Crippen MR) is 81.4 cm³/mol. The van der Waals surface area contributed by atoms with Crippen LogP contribution in [0.1, 0.15) is 0 Å². The van der Waals surface area contributed by atoms with Gasteiger partial charge in [0.1, 0.15) is 0 Å². The molecule has 0 aromatic rings. The van der Waals surface area contributed by atoms with Crippen molar-refractivity contribution in [2.24, 2.45) is 5.92 Å². The zero-order valence-corrected chi connectivity index (χ0v) is 13.6. The zero-order valence-electron chi connectivity index (χ0n) is 9.24. The molecule has 2 aliphatic rings. The van der Waals surface area contributed by atoms with Crippen LogP contribution in [0.3, 0.4) is 0 Å². The maximum atomic E-state index is 11.0. The second-order valence-corrected chi connectivity index (χ2v) is 6.17. The topological polar surface area (TPSA) is 26.8 Å². The van der Waals surface area contributed by atoms with Crippen LogP contribution in [0.2, 0.25) is 0 Å². The molecule has 0 spiro atoms. The fraction of sp³-hybridized carbons (Fsp3) is 0.900. The van der Waals surface area contributed by atoms with Gasteiger partial charge in [-0.15, -0.1) is 0 Å². The highest BCUT2D eigenvalue weighted by atomic mass is 127. The fourth-order valence-corrected chi connectivity index (χ4v) is 3.36. The van der Waals surface area contributed by atoms with Crippen LogP contribution in [0, 0.1) is 5.92 Å². The van der Waals surface area contributed by atoms with Gasteiger partial charge in [-0.3, -0.25) is 9.69 Å². The van der Waals surface area contributed by atoms with Crippen molar-refractivity contribution in [2.45, 2.75) is 0 Å². The van der Waals surface area contributed by atoms with Crippen molar-refractivity contribution < 1.29 is 4.79 Å². The Balaban J connectivity index is 1.63. The predicted octanol–water partition coefficient (Wildman–Crippen LogP) is 1.48. The third-order valence-electron chi connectivity index (χ3n) is 3.36. The Morgan fingerprint density at radius 1 is 1.12 bits per heavy atom. The molecule has 0 aromatic heterocycles. The minimum atomic E-state index is 0.198. The van der Waals surface area contributed by atoms with E-state index in [0.717, 1.165) is 17.6 Å². The molecule has 16 heavy (non-hydrogen) atoms. The molecule has 6 heteroatoms. The average Bonchev–Trinajstić information content (AvgIpc) is 2.23. The smallest absolute Gasteiger partial charge is 0.283 e. The molecule has 0 N–H and O–H groups in total. The molecule has 4 nitrogen and oxygen atoms in total.